The standard InChI is InChI=1S/C23H31F2NO4/c1-21(2,28)18-6-7-22(3,30-18)19-13-23(14-29-19)8-10-26(11-9-23)20(27)16-5-4-15(24)12-17(16)25/h4-5,12,18-19,28H,6-11,13-14H2,1-3H3/t18-,19-,22+/m0/s1. The fourth-order valence-electron chi connectivity index (χ4n) is 5.14. The van der Waals surface area contributed by atoms with E-state index in [-0.39, 0.29) is 23.2 Å². The fourth-order valence-corrected chi connectivity index (χ4v) is 5.14. The van der Waals surface area contributed by atoms with Crippen LogP contribution in [0.1, 0.15) is 63.2 Å². The highest BCUT2D eigenvalue weighted by molar-refractivity contribution is 5.94. The Morgan fingerprint density at radius 2 is 1.93 bits per heavy atom. The van der Waals surface area contributed by atoms with E-state index < -0.39 is 28.7 Å². The molecule has 3 aliphatic rings. The molecule has 3 heterocycles. The Labute approximate surface area is 176 Å². The summed E-state index contributed by atoms with van der Waals surface area (Å²) in [4.78, 5) is 14.3. The number of hydrogen-bond donors (Lipinski definition) is 1. The quantitative estimate of drug-likeness (QED) is 0.806. The Morgan fingerprint density at radius 3 is 2.53 bits per heavy atom. The third-order valence-electron chi connectivity index (χ3n) is 7.27. The smallest absolute Gasteiger partial charge is 0.256 e. The molecule has 0 bridgehead atoms. The molecule has 3 aliphatic heterocycles. The number of piperidine rings is 1. The molecule has 3 atom stereocenters. The molecule has 3 saturated heterocycles. The van der Waals surface area contributed by atoms with E-state index in [4.69, 9.17) is 9.47 Å². The van der Waals surface area contributed by atoms with Crippen LogP contribution in [-0.2, 0) is 9.47 Å². The van der Waals surface area contributed by atoms with Gasteiger partial charge in [0.2, 0.25) is 0 Å². The Balaban J connectivity index is 1.37. The summed E-state index contributed by atoms with van der Waals surface area (Å²) in [6.07, 6.45) is 3.82. The van der Waals surface area contributed by atoms with Crippen molar-refractivity contribution in [2.75, 3.05) is 19.7 Å². The van der Waals surface area contributed by atoms with Gasteiger partial charge >= 0.3 is 0 Å². The zero-order valence-electron chi connectivity index (χ0n) is 17.9. The van der Waals surface area contributed by atoms with E-state index in [1.807, 2.05) is 0 Å². The Bertz CT molecular complexity index is 816. The first-order valence-corrected chi connectivity index (χ1v) is 10.8. The van der Waals surface area contributed by atoms with Gasteiger partial charge in [-0.1, -0.05) is 0 Å². The zero-order chi connectivity index (χ0) is 21.7. The van der Waals surface area contributed by atoms with Gasteiger partial charge in [-0.15, -0.1) is 0 Å². The maximum atomic E-state index is 14.0. The van der Waals surface area contributed by atoms with Crippen LogP contribution in [0.3, 0.4) is 0 Å². The van der Waals surface area contributed by atoms with Gasteiger partial charge in [0.25, 0.3) is 5.91 Å². The predicted molar refractivity (Wildman–Crippen MR) is 107 cm³/mol. The molecular weight excluding hydrogens is 392 g/mol. The Hall–Kier alpha value is -1.57. The monoisotopic (exact) mass is 423 g/mol. The van der Waals surface area contributed by atoms with E-state index in [9.17, 15) is 18.7 Å². The van der Waals surface area contributed by atoms with Gasteiger partial charge in [0.05, 0.1) is 35.6 Å². The van der Waals surface area contributed by atoms with E-state index in [0.29, 0.717) is 19.7 Å². The van der Waals surface area contributed by atoms with Crippen LogP contribution in [0, 0.1) is 17.0 Å². The van der Waals surface area contributed by atoms with Crippen LogP contribution in [0.2, 0.25) is 0 Å². The summed E-state index contributed by atoms with van der Waals surface area (Å²) in [6.45, 7) is 7.29. The molecule has 30 heavy (non-hydrogen) atoms. The second kappa shape index (κ2) is 7.53. The number of likely N-dealkylation sites (tertiary alicyclic amines) is 1. The minimum absolute atomic E-state index is 0.0119. The lowest BCUT2D eigenvalue weighted by atomic mass is 9.74. The lowest BCUT2D eigenvalue weighted by molar-refractivity contribution is -0.155. The molecule has 1 spiro atoms. The lowest BCUT2D eigenvalue weighted by Crippen LogP contribution is -2.45. The SMILES string of the molecule is CC(C)(O)[C@@H]1CC[C@](C)([C@@H]2CC3(CCN(C(=O)c4ccc(F)cc4F)CC3)CO2)O1. The van der Waals surface area contributed by atoms with Gasteiger partial charge in [-0.2, -0.15) is 0 Å². The normalized spacial score (nSPS) is 31.5. The average Bonchev–Trinajstić information content (AvgIpc) is 3.27. The van der Waals surface area contributed by atoms with E-state index in [1.165, 1.54) is 6.07 Å². The van der Waals surface area contributed by atoms with Gasteiger partial charge < -0.3 is 19.5 Å². The topological polar surface area (TPSA) is 59.0 Å². The van der Waals surface area contributed by atoms with Gasteiger partial charge in [-0.05, 0) is 70.4 Å². The summed E-state index contributed by atoms with van der Waals surface area (Å²) in [7, 11) is 0. The lowest BCUT2D eigenvalue weighted by Gasteiger charge is -2.39. The van der Waals surface area contributed by atoms with E-state index in [2.05, 4.69) is 6.92 Å². The van der Waals surface area contributed by atoms with Gasteiger partial charge in [-0.25, -0.2) is 8.78 Å². The number of carbonyl (C=O) groups excluding carboxylic acids is 1. The first kappa shape index (κ1) is 21.7. The number of ether oxygens (including phenoxy) is 2. The molecule has 1 amide bonds. The number of amides is 1. The zero-order valence-corrected chi connectivity index (χ0v) is 17.9. The van der Waals surface area contributed by atoms with Crippen molar-refractivity contribution in [3.8, 4) is 0 Å². The second-order valence-corrected chi connectivity index (χ2v) is 10.0. The Kier molecular flexibility index (Phi) is 5.44. The molecule has 0 unspecified atom stereocenters. The van der Waals surface area contributed by atoms with E-state index >= 15 is 0 Å². The summed E-state index contributed by atoms with van der Waals surface area (Å²) in [6, 6.07) is 3.07. The third-order valence-corrected chi connectivity index (χ3v) is 7.27. The van der Waals surface area contributed by atoms with Crippen LogP contribution >= 0.6 is 0 Å². The average molecular weight is 424 g/mol. The number of rotatable bonds is 3. The first-order chi connectivity index (χ1) is 14.0. The number of nitrogens with zero attached hydrogens (tertiary/aromatic N) is 1. The van der Waals surface area contributed by atoms with Crippen LogP contribution in [0.25, 0.3) is 0 Å². The maximum Gasteiger partial charge on any atom is 0.256 e. The van der Waals surface area contributed by atoms with Crippen molar-refractivity contribution in [3.63, 3.8) is 0 Å². The van der Waals surface area contributed by atoms with Crippen molar-refractivity contribution in [1.29, 1.82) is 0 Å². The van der Waals surface area contributed by atoms with Crippen LogP contribution in [0.15, 0.2) is 18.2 Å². The largest absolute Gasteiger partial charge is 0.388 e. The second-order valence-electron chi connectivity index (χ2n) is 10.0. The minimum Gasteiger partial charge on any atom is -0.388 e. The molecule has 0 saturated carbocycles. The summed E-state index contributed by atoms with van der Waals surface area (Å²) in [5.74, 6) is -1.90. The van der Waals surface area contributed by atoms with Crippen molar-refractivity contribution < 1.29 is 28.2 Å². The van der Waals surface area contributed by atoms with Crippen LogP contribution in [-0.4, -0.2) is 59.0 Å². The van der Waals surface area contributed by atoms with Gasteiger partial charge in [0, 0.05) is 19.2 Å². The molecule has 3 fully saturated rings. The van der Waals surface area contributed by atoms with Crippen LogP contribution in [0.4, 0.5) is 8.78 Å². The maximum absolute atomic E-state index is 14.0. The van der Waals surface area contributed by atoms with Crippen molar-refractivity contribution in [1.82, 2.24) is 4.90 Å². The highest BCUT2D eigenvalue weighted by Crippen LogP contribution is 2.49. The minimum atomic E-state index is -0.880. The third kappa shape index (κ3) is 3.99. The molecule has 0 aromatic heterocycles. The molecule has 1 aromatic carbocycles. The van der Waals surface area contributed by atoms with Crippen molar-refractivity contribution in [2.45, 2.75) is 76.3 Å². The van der Waals surface area contributed by atoms with Crippen molar-refractivity contribution >= 4 is 5.91 Å². The summed E-state index contributed by atoms with van der Waals surface area (Å²) in [5, 5.41) is 10.3. The molecule has 5 nitrogen and oxygen atoms in total. The number of hydrogen-bond acceptors (Lipinski definition) is 4. The first-order valence-electron chi connectivity index (χ1n) is 10.8. The number of aliphatic hydroxyl groups is 1. The summed E-state index contributed by atoms with van der Waals surface area (Å²) >= 11 is 0. The highest BCUT2D eigenvalue weighted by Gasteiger charge is 2.53. The van der Waals surface area contributed by atoms with Gasteiger partial charge in [0.1, 0.15) is 11.6 Å². The Morgan fingerprint density at radius 1 is 1.23 bits per heavy atom. The number of halogens is 2. The molecule has 0 radical (unpaired) electrons. The van der Waals surface area contributed by atoms with E-state index in [1.54, 1.807) is 18.7 Å². The predicted octanol–water partition coefficient (Wildman–Crippen LogP) is 3.68. The molecular formula is C23H31F2NO4. The van der Waals surface area contributed by atoms with Gasteiger partial charge in [0.15, 0.2) is 0 Å². The number of carbonyl (C=O) groups is 1. The summed E-state index contributed by atoms with van der Waals surface area (Å²) < 4.78 is 39.6. The number of benzene rings is 1. The van der Waals surface area contributed by atoms with Crippen LogP contribution in [0.5, 0.6) is 0 Å². The highest BCUT2D eigenvalue weighted by atomic mass is 19.1. The van der Waals surface area contributed by atoms with Crippen LogP contribution < -0.4 is 0 Å². The molecule has 166 valence electrons. The van der Waals surface area contributed by atoms with E-state index in [0.717, 1.165) is 44.2 Å². The summed E-state index contributed by atoms with van der Waals surface area (Å²) in [5.41, 5.74) is -1.40. The van der Waals surface area contributed by atoms with Crippen molar-refractivity contribution in [2.24, 2.45) is 5.41 Å². The molecule has 0 aliphatic carbocycles. The molecule has 4 rings (SSSR count). The fraction of sp³-hybridized carbons (Fsp3) is 0.696. The molecule has 1 N–H and O–H groups in total. The molecule has 7 heteroatoms. The molecule has 1 aromatic rings. The van der Waals surface area contributed by atoms with Gasteiger partial charge in [-0.3, -0.25) is 4.79 Å². The van der Waals surface area contributed by atoms with Crippen molar-refractivity contribution in [3.05, 3.63) is 35.4 Å².